The average molecular weight is 323 g/mol. The number of nitrogens with zero attached hydrogens (tertiary/aromatic N) is 1. The van der Waals surface area contributed by atoms with Gasteiger partial charge in [-0.25, -0.2) is 8.42 Å². The lowest BCUT2D eigenvalue weighted by Gasteiger charge is -2.16. The van der Waals surface area contributed by atoms with Crippen LogP contribution in [0, 0.1) is 11.3 Å². The molecule has 0 saturated heterocycles. The summed E-state index contributed by atoms with van der Waals surface area (Å²) in [5.41, 5.74) is 1.50. The van der Waals surface area contributed by atoms with Gasteiger partial charge in [-0.15, -0.1) is 0 Å². The Morgan fingerprint density at radius 2 is 1.78 bits per heavy atom. The van der Waals surface area contributed by atoms with Crippen molar-refractivity contribution < 1.29 is 13.2 Å². The van der Waals surface area contributed by atoms with Gasteiger partial charge in [0.05, 0.1) is 4.90 Å². The van der Waals surface area contributed by atoms with Crippen LogP contribution >= 0.6 is 0 Å². The topological polar surface area (TPSA) is 67.2 Å². The van der Waals surface area contributed by atoms with Crippen molar-refractivity contribution in [3.63, 3.8) is 0 Å². The molecule has 0 atom stereocenters. The van der Waals surface area contributed by atoms with Crippen LogP contribution in [0.1, 0.15) is 5.56 Å². The third-order valence-corrected chi connectivity index (χ3v) is 5.10. The molecule has 1 heterocycles. The van der Waals surface area contributed by atoms with Crippen LogP contribution in [0.2, 0.25) is 0 Å². The van der Waals surface area contributed by atoms with Crippen molar-refractivity contribution in [2.24, 2.45) is 0 Å². The molecule has 4 nitrogen and oxygen atoms in total. The van der Waals surface area contributed by atoms with Gasteiger partial charge in [-0.05, 0) is 35.9 Å². The summed E-state index contributed by atoms with van der Waals surface area (Å²) >= 11 is 0. The smallest absolute Gasteiger partial charge is 0.216 e. The summed E-state index contributed by atoms with van der Waals surface area (Å²) in [6.45, 7) is 0.229. The van der Waals surface area contributed by atoms with Crippen molar-refractivity contribution in [2.45, 2.75) is 4.90 Å². The molecule has 0 radical (unpaired) electrons. The molecule has 0 amide bonds. The summed E-state index contributed by atoms with van der Waals surface area (Å²) in [5, 5.41) is 9.28. The van der Waals surface area contributed by atoms with Crippen molar-refractivity contribution in [1.29, 1.82) is 5.26 Å². The minimum atomic E-state index is -3.82. The van der Waals surface area contributed by atoms with Gasteiger partial charge in [-0.1, -0.05) is 36.4 Å². The minimum absolute atomic E-state index is 0.102. The van der Waals surface area contributed by atoms with Crippen LogP contribution in [0.3, 0.4) is 0 Å². The normalized spacial score (nSPS) is 14.2. The monoisotopic (exact) mass is 323 g/mol. The molecular weight excluding hydrogens is 310 g/mol. The molecule has 114 valence electrons. The Morgan fingerprint density at radius 3 is 2.52 bits per heavy atom. The van der Waals surface area contributed by atoms with Crippen LogP contribution in [0.4, 0.5) is 0 Å². The van der Waals surface area contributed by atoms with E-state index in [1.807, 2.05) is 30.3 Å². The molecule has 0 N–H and O–H groups in total. The highest BCUT2D eigenvalue weighted by atomic mass is 32.2. The number of rotatable bonds is 3. The van der Waals surface area contributed by atoms with Gasteiger partial charge < -0.3 is 4.74 Å². The molecule has 0 unspecified atom stereocenters. The van der Waals surface area contributed by atoms with E-state index in [4.69, 9.17) is 4.74 Å². The second kappa shape index (κ2) is 6.11. The lowest BCUT2D eigenvalue weighted by atomic mass is 10.1. The van der Waals surface area contributed by atoms with E-state index in [1.165, 1.54) is 18.2 Å². The first-order valence-corrected chi connectivity index (χ1v) is 8.44. The average Bonchev–Trinajstić information content (AvgIpc) is 2.60. The summed E-state index contributed by atoms with van der Waals surface area (Å²) in [5.74, 6) is 0.745. The number of allylic oxidation sites excluding steroid dienone is 1. The molecule has 23 heavy (non-hydrogen) atoms. The van der Waals surface area contributed by atoms with Crippen LogP contribution in [0.15, 0.2) is 76.0 Å². The Hall–Kier alpha value is -2.84. The third kappa shape index (κ3) is 3.03. The maximum absolute atomic E-state index is 12.5. The van der Waals surface area contributed by atoms with Crippen LogP contribution in [-0.2, 0) is 9.84 Å². The zero-order valence-corrected chi connectivity index (χ0v) is 13.0. The van der Waals surface area contributed by atoms with E-state index >= 15 is 0 Å². The van der Waals surface area contributed by atoms with Crippen LogP contribution in [0.25, 0.3) is 6.08 Å². The molecule has 0 spiro atoms. The lowest BCUT2D eigenvalue weighted by molar-refractivity contribution is 0.351. The lowest BCUT2D eigenvalue weighted by Crippen LogP contribution is -2.08. The molecule has 1 aliphatic rings. The highest BCUT2D eigenvalue weighted by Crippen LogP contribution is 2.28. The molecule has 2 aromatic rings. The number of ether oxygens (including phenoxy) is 1. The fourth-order valence-corrected chi connectivity index (χ4v) is 3.48. The molecule has 0 aliphatic carbocycles. The van der Waals surface area contributed by atoms with Crippen molar-refractivity contribution in [2.75, 3.05) is 6.61 Å². The molecule has 2 aromatic carbocycles. The maximum atomic E-state index is 12.5. The molecule has 0 aromatic heterocycles. The summed E-state index contributed by atoms with van der Waals surface area (Å²) in [6, 6.07) is 17.2. The first kappa shape index (κ1) is 15.1. The standard InChI is InChI=1S/C18H13NO3S/c19-12-17(23(20,21)16-7-2-1-3-8-16)11-14-10-15-6-4-5-9-18(15)22-13-14/h1-11H,13H2/b17-11-. The van der Waals surface area contributed by atoms with Gasteiger partial charge >= 0.3 is 0 Å². The Morgan fingerprint density at radius 1 is 1.09 bits per heavy atom. The Bertz CT molecular complexity index is 936. The third-order valence-electron chi connectivity index (χ3n) is 3.42. The molecule has 0 bridgehead atoms. The van der Waals surface area contributed by atoms with Gasteiger partial charge in [0.25, 0.3) is 0 Å². The Balaban J connectivity index is 2.01. The second-order valence-electron chi connectivity index (χ2n) is 4.98. The zero-order valence-electron chi connectivity index (χ0n) is 12.1. The van der Waals surface area contributed by atoms with Crippen LogP contribution in [0.5, 0.6) is 5.75 Å². The largest absolute Gasteiger partial charge is 0.488 e. The minimum Gasteiger partial charge on any atom is -0.488 e. The summed E-state index contributed by atoms with van der Waals surface area (Å²) < 4.78 is 30.6. The number of benzene rings is 2. The summed E-state index contributed by atoms with van der Waals surface area (Å²) in [4.78, 5) is -0.191. The van der Waals surface area contributed by atoms with Gasteiger partial charge in [-0.3, -0.25) is 0 Å². The highest BCUT2D eigenvalue weighted by molar-refractivity contribution is 7.95. The molecular formula is C18H13NO3S. The van der Waals surface area contributed by atoms with E-state index < -0.39 is 9.84 Å². The molecule has 0 saturated carbocycles. The first-order valence-electron chi connectivity index (χ1n) is 6.95. The predicted molar refractivity (Wildman–Crippen MR) is 87.2 cm³/mol. The van der Waals surface area contributed by atoms with Gasteiger partial charge in [0.2, 0.25) is 9.84 Å². The molecule has 1 aliphatic heterocycles. The van der Waals surface area contributed by atoms with Crippen molar-refractivity contribution >= 4 is 15.9 Å². The van der Waals surface area contributed by atoms with E-state index in [2.05, 4.69) is 0 Å². The van der Waals surface area contributed by atoms with Gasteiger partial charge in [0, 0.05) is 5.56 Å². The van der Waals surface area contributed by atoms with Crippen molar-refractivity contribution in [1.82, 2.24) is 0 Å². The predicted octanol–water partition coefficient (Wildman–Crippen LogP) is 3.34. The number of hydrogen-bond acceptors (Lipinski definition) is 4. The molecule has 0 fully saturated rings. The summed E-state index contributed by atoms with van der Waals surface area (Å²) in [7, 11) is -3.82. The number of fused-ring (bicyclic) bond motifs is 1. The van der Waals surface area contributed by atoms with E-state index in [1.54, 1.807) is 24.3 Å². The van der Waals surface area contributed by atoms with Crippen molar-refractivity contribution in [3.05, 3.63) is 76.7 Å². The molecule has 5 heteroatoms. The van der Waals surface area contributed by atoms with Crippen LogP contribution < -0.4 is 4.74 Å². The van der Waals surface area contributed by atoms with Crippen LogP contribution in [-0.4, -0.2) is 15.0 Å². The van der Waals surface area contributed by atoms with Gasteiger partial charge in [-0.2, -0.15) is 5.26 Å². The van der Waals surface area contributed by atoms with E-state index in [-0.39, 0.29) is 16.4 Å². The number of nitriles is 1. The SMILES string of the molecule is N#C/C(=C/C1=Cc2ccccc2OC1)S(=O)(=O)c1ccccc1. The second-order valence-corrected chi connectivity index (χ2v) is 6.90. The number of sulfone groups is 1. The highest BCUT2D eigenvalue weighted by Gasteiger charge is 2.21. The van der Waals surface area contributed by atoms with Gasteiger partial charge in [0.1, 0.15) is 23.3 Å². The maximum Gasteiger partial charge on any atom is 0.216 e. The quantitative estimate of drug-likeness (QED) is 0.813. The summed E-state index contributed by atoms with van der Waals surface area (Å²) in [6.07, 6.45) is 3.20. The number of hydrogen-bond donors (Lipinski definition) is 0. The number of para-hydroxylation sites is 1. The Kier molecular flexibility index (Phi) is 4.00. The molecule has 3 rings (SSSR count). The zero-order chi connectivity index (χ0) is 16.3. The first-order chi connectivity index (χ1) is 11.1. The van der Waals surface area contributed by atoms with E-state index in [0.717, 1.165) is 11.3 Å². The Labute approximate surface area is 134 Å². The fraction of sp³-hybridized carbons (Fsp3) is 0.0556. The van der Waals surface area contributed by atoms with Gasteiger partial charge in [0.15, 0.2) is 0 Å². The van der Waals surface area contributed by atoms with E-state index in [0.29, 0.717) is 5.57 Å². The fourth-order valence-electron chi connectivity index (χ4n) is 2.28. The van der Waals surface area contributed by atoms with E-state index in [9.17, 15) is 13.7 Å². The van der Waals surface area contributed by atoms with Crippen molar-refractivity contribution in [3.8, 4) is 11.8 Å².